The van der Waals surface area contributed by atoms with Crippen LogP contribution in [0.3, 0.4) is 0 Å². The van der Waals surface area contributed by atoms with Crippen molar-refractivity contribution in [2.24, 2.45) is 5.92 Å². The van der Waals surface area contributed by atoms with Crippen molar-refractivity contribution in [2.75, 3.05) is 20.3 Å². The van der Waals surface area contributed by atoms with Crippen LogP contribution in [0.25, 0.3) is 0 Å². The lowest BCUT2D eigenvalue weighted by Crippen LogP contribution is -2.58. The predicted molar refractivity (Wildman–Crippen MR) is 79.7 cm³/mol. The lowest BCUT2D eigenvalue weighted by atomic mass is 9.76. The molecule has 0 unspecified atom stereocenters. The summed E-state index contributed by atoms with van der Waals surface area (Å²) in [6, 6.07) is -0.139. The average Bonchev–Trinajstić information content (AvgIpc) is 2.45. The summed E-state index contributed by atoms with van der Waals surface area (Å²) >= 11 is 0. The number of methoxy groups -OCH3 is 1. The molecule has 5 nitrogen and oxygen atoms in total. The van der Waals surface area contributed by atoms with E-state index in [1.54, 1.807) is 7.11 Å². The number of ether oxygens (including phenoxy) is 1. The minimum Gasteiger partial charge on any atom is -0.394 e. The van der Waals surface area contributed by atoms with Crippen LogP contribution in [-0.4, -0.2) is 43.0 Å². The molecule has 1 fully saturated rings. The Labute approximate surface area is 122 Å². The molecule has 0 saturated heterocycles. The Balaban J connectivity index is 2.47. The van der Waals surface area contributed by atoms with Crippen molar-refractivity contribution in [3.63, 3.8) is 0 Å². The Morgan fingerprint density at radius 3 is 2.60 bits per heavy atom. The van der Waals surface area contributed by atoms with E-state index in [2.05, 4.69) is 10.6 Å². The SMILES string of the molecule is COCC[C@@H](C)NC(=O)N[C@@](C)(CO)C1CCCCC1. The van der Waals surface area contributed by atoms with Gasteiger partial charge >= 0.3 is 6.03 Å². The molecule has 0 spiro atoms. The lowest BCUT2D eigenvalue weighted by Gasteiger charge is -2.39. The highest BCUT2D eigenvalue weighted by Gasteiger charge is 2.35. The molecular formula is C15H30N2O3. The number of aliphatic hydroxyl groups excluding tert-OH is 1. The van der Waals surface area contributed by atoms with E-state index in [1.165, 1.54) is 19.3 Å². The second-order valence-corrected chi connectivity index (χ2v) is 6.19. The van der Waals surface area contributed by atoms with E-state index in [0.717, 1.165) is 19.3 Å². The number of rotatable bonds is 7. The molecule has 1 aliphatic carbocycles. The van der Waals surface area contributed by atoms with E-state index in [0.29, 0.717) is 12.5 Å². The van der Waals surface area contributed by atoms with E-state index in [1.807, 2.05) is 13.8 Å². The Kier molecular flexibility index (Phi) is 7.30. The first-order valence-electron chi connectivity index (χ1n) is 7.70. The van der Waals surface area contributed by atoms with Gasteiger partial charge in [-0.05, 0) is 39.0 Å². The smallest absolute Gasteiger partial charge is 0.315 e. The number of hydrogen-bond acceptors (Lipinski definition) is 3. The van der Waals surface area contributed by atoms with Gasteiger partial charge in [0.2, 0.25) is 0 Å². The zero-order chi connectivity index (χ0) is 15.0. The largest absolute Gasteiger partial charge is 0.394 e. The van der Waals surface area contributed by atoms with Gasteiger partial charge in [-0.3, -0.25) is 0 Å². The first-order chi connectivity index (χ1) is 9.51. The summed E-state index contributed by atoms with van der Waals surface area (Å²) in [6.45, 7) is 4.51. The third kappa shape index (κ3) is 5.29. The second kappa shape index (κ2) is 8.47. The van der Waals surface area contributed by atoms with Crippen molar-refractivity contribution in [2.45, 2.75) is 64.0 Å². The molecule has 20 heavy (non-hydrogen) atoms. The maximum atomic E-state index is 12.1. The zero-order valence-corrected chi connectivity index (χ0v) is 13.1. The van der Waals surface area contributed by atoms with Crippen LogP contribution < -0.4 is 10.6 Å². The van der Waals surface area contributed by atoms with Gasteiger partial charge in [0.15, 0.2) is 0 Å². The minimum absolute atomic E-state index is 0.0163. The van der Waals surface area contributed by atoms with Crippen molar-refractivity contribution in [3.05, 3.63) is 0 Å². The van der Waals surface area contributed by atoms with E-state index in [4.69, 9.17) is 4.74 Å². The fourth-order valence-corrected chi connectivity index (χ4v) is 2.90. The number of carbonyl (C=O) groups is 1. The van der Waals surface area contributed by atoms with Gasteiger partial charge in [-0.2, -0.15) is 0 Å². The van der Waals surface area contributed by atoms with Gasteiger partial charge in [0.25, 0.3) is 0 Å². The Morgan fingerprint density at radius 2 is 2.05 bits per heavy atom. The molecule has 0 bridgehead atoms. The third-order valence-corrected chi connectivity index (χ3v) is 4.37. The quantitative estimate of drug-likeness (QED) is 0.671. The van der Waals surface area contributed by atoms with Crippen LogP contribution in [0.1, 0.15) is 52.4 Å². The highest BCUT2D eigenvalue weighted by molar-refractivity contribution is 5.75. The van der Waals surface area contributed by atoms with Gasteiger partial charge in [-0.1, -0.05) is 19.3 Å². The molecule has 1 aliphatic rings. The van der Waals surface area contributed by atoms with Crippen molar-refractivity contribution in [1.82, 2.24) is 10.6 Å². The monoisotopic (exact) mass is 286 g/mol. The summed E-state index contributed by atoms with van der Waals surface area (Å²) in [5.74, 6) is 0.362. The van der Waals surface area contributed by atoms with E-state index in [-0.39, 0.29) is 18.7 Å². The Bertz CT molecular complexity index is 293. The molecule has 2 atom stereocenters. The summed E-state index contributed by atoms with van der Waals surface area (Å²) in [4.78, 5) is 12.1. The number of carbonyl (C=O) groups excluding carboxylic acids is 1. The van der Waals surface area contributed by atoms with Crippen LogP contribution in [0.2, 0.25) is 0 Å². The van der Waals surface area contributed by atoms with Gasteiger partial charge in [0.1, 0.15) is 0 Å². The van der Waals surface area contributed by atoms with Gasteiger partial charge in [-0.15, -0.1) is 0 Å². The van der Waals surface area contributed by atoms with Crippen LogP contribution >= 0.6 is 0 Å². The van der Waals surface area contributed by atoms with Crippen molar-refractivity contribution in [3.8, 4) is 0 Å². The maximum absolute atomic E-state index is 12.1. The average molecular weight is 286 g/mol. The lowest BCUT2D eigenvalue weighted by molar-refractivity contribution is 0.100. The maximum Gasteiger partial charge on any atom is 0.315 e. The zero-order valence-electron chi connectivity index (χ0n) is 13.1. The number of nitrogens with one attached hydrogen (secondary N) is 2. The summed E-state index contributed by atoms with van der Waals surface area (Å²) in [5.41, 5.74) is -0.522. The van der Waals surface area contributed by atoms with E-state index in [9.17, 15) is 9.90 Å². The molecule has 0 aromatic rings. The van der Waals surface area contributed by atoms with E-state index >= 15 is 0 Å². The van der Waals surface area contributed by atoms with Crippen molar-refractivity contribution < 1.29 is 14.6 Å². The van der Waals surface area contributed by atoms with Crippen LogP contribution in [-0.2, 0) is 4.74 Å². The molecule has 0 aliphatic heterocycles. The third-order valence-electron chi connectivity index (χ3n) is 4.37. The van der Waals surface area contributed by atoms with Gasteiger partial charge in [0.05, 0.1) is 12.1 Å². The van der Waals surface area contributed by atoms with Crippen LogP contribution in [0.15, 0.2) is 0 Å². The first kappa shape index (κ1) is 17.2. The highest BCUT2D eigenvalue weighted by Crippen LogP contribution is 2.32. The number of aliphatic hydroxyl groups is 1. The van der Waals surface area contributed by atoms with Gasteiger partial charge in [0, 0.05) is 19.8 Å². The van der Waals surface area contributed by atoms with Gasteiger partial charge in [-0.25, -0.2) is 4.79 Å². The fraction of sp³-hybridized carbons (Fsp3) is 0.933. The van der Waals surface area contributed by atoms with Crippen molar-refractivity contribution in [1.29, 1.82) is 0 Å². The molecule has 1 rings (SSSR count). The summed E-state index contributed by atoms with van der Waals surface area (Å²) < 4.78 is 5.00. The fourth-order valence-electron chi connectivity index (χ4n) is 2.90. The Hall–Kier alpha value is -0.810. The molecule has 0 aromatic heterocycles. The first-order valence-corrected chi connectivity index (χ1v) is 7.70. The minimum atomic E-state index is -0.522. The van der Waals surface area contributed by atoms with Gasteiger partial charge < -0.3 is 20.5 Å². The van der Waals surface area contributed by atoms with Crippen LogP contribution in [0.4, 0.5) is 4.79 Å². The Morgan fingerprint density at radius 1 is 1.40 bits per heavy atom. The molecule has 118 valence electrons. The molecule has 0 radical (unpaired) electrons. The molecule has 5 heteroatoms. The summed E-state index contributed by atoms with van der Waals surface area (Å²) in [7, 11) is 1.65. The second-order valence-electron chi connectivity index (χ2n) is 6.19. The predicted octanol–water partition coefficient (Wildman–Crippen LogP) is 2.04. The topological polar surface area (TPSA) is 70.6 Å². The highest BCUT2D eigenvalue weighted by atomic mass is 16.5. The van der Waals surface area contributed by atoms with Crippen molar-refractivity contribution >= 4 is 6.03 Å². The van der Waals surface area contributed by atoms with Crippen LogP contribution in [0.5, 0.6) is 0 Å². The molecule has 0 heterocycles. The number of amides is 2. The normalized spacial score (nSPS) is 21.0. The molecule has 3 N–H and O–H groups in total. The molecule has 0 aromatic carbocycles. The molecule has 2 amide bonds. The summed E-state index contributed by atoms with van der Waals surface area (Å²) in [5, 5.41) is 15.6. The molecule has 1 saturated carbocycles. The standard InChI is InChI=1S/C15H30N2O3/c1-12(9-10-20-3)16-14(19)17-15(2,11-18)13-7-5-4-6-8-13/h12-13,18H,4-11H2,1-3H3,(H2,16,17,19)/t12-,15+/m1/s1. The summed E-state index contributed by atoms with van der Waals surface area (Å²) in [6.07, 6.45) is 6.58. The number of urea groups is 1. The number of hydrogen-bond donors (Lipinski definition) is 3. The van der Waals surface area contributed by atoms with Crippen LogP contribution in [0, 0.1) is 5.92 Å². The molecular weight excluding hydrogens is 256 g/mol. The van der Waals surface area contributed by atoms with E-state index < -0.39 is 5.54 Å².